The fraction of sp³-hybridized carbons (Fsp3) is 0.250. The number of benzene rings is 2. The molecule has 0 saturated carbocycles. The maximum atomic E-state index is 9.90. The first-order valence-corrected chi connectivity index (χ1v) is 6.30. The van der Waals surface area contributed by atoms with Crippen molar-refractivity contribution < 1.29 is 10.2 Å². The maximum Gasteiger partial charge on any atom is 0.119 e. The molecule has 0 aliphatic rings. The van der Waals surface area contributed by atoms with Gasteiger partial charge in [-0.05, 0) is 53.3 Å². The lowest BCUT2D eigenvalue weighted by atomic mass is 9.92. The van der Waals surface area contributed by atoms with Gasteiger partial charge in [0, 0.05) is 0 Å². The van der Waals surface area contributed by atoms with E-state index in [1.54, 1.807) is 18.2 Å². The Morgan fingerprint density at radius 3 is 1.94 bits per heavy atom. The summed E-state index contributed by atoms with van der Waals surface area (Å²) in [6.07, 6.45) is 1.70. The fourth-order valence-electron chi connectivity index (χ4n) is 2.39. The van der Waals surface area contributed by atoms with Crippen LogP contribution in [0.25, 0.3) is 11.1 Å². The van der Waals surface area contributed by atoms with E-state index in [1.807, 2.05) is 18.2 Å². The van der Waals surface area contributed by atoms with Crippen molar-refractivity contribution in [3.63, 3.8) is 0 Å². The fourth-order valence-corrected chi connectivity index (χ4v) is 2.39. The molecule has 2 nitrogen and oxygen atoms in total. The second-order valence-electron chi connectivity index (χ2n) is 4.34. The van der Waals surface area contributed by atoms with Crippen LogP contribution in [0.4, 0.5) is 0 Å². The number of phenolic OH excluding ortho intramolecular Hbond substituents is 2. The molecule has 0 spiro atoms. The molecule has 2 aromatic carbocycles. The van der Waals surface area contributed by atoms with Crippen molar-refractivity contribution in [3.8, 4) is 22.6 Å². The molecule has 94 valence electrons. The molecule has 0 fully saturated rings. The monoisotopic (exact) mass is 242 g/mol. The van der Waals surface area contributed by atoms with Gasteiger partial charge in [-0.25, -0.2) is 0 Å². The summed E-state index contributed by atoms with van der Waals surface area (Å²) in [4.78, 5) is 0. The Morgan fingerprint density at radius 2 is 1.39 bits per heavy atom. The number of hydrogen-bond donors (Lipinski definition) is 2. The molecule has 0 bridgehead atoms. The molecule has 2 rings (SSSR count). The summed E-state index contributed by atoms with van der Waals surface area (Å²) in [6.45, 7) is 4.15. The van der Waals surface area contributed by atoms with Crippen LogP contribution < -0.4 is 0 Å². The lowest BCUT2D eigenvalue weighted by Gasteiger charge is -2.14. The standard InChI is InChI=1S/C16H18O2/c1-3-13-14(4-2)16(18)10-9-15(13)11-5-7-12(17)8-6-11/h5-10,17-18H,3-4H2,1-2H3. The average molecular weight is 242 g/mol. The van der Waals surface area contributed by atoms with Crippen molar-refractivity contribution in [2.75, 3.05) is 0 Å². The van der Waals surface area contributed by atoms with Crippen LogP contribution in [0.5, 0.6) is 11.5 Å². The molecule has 0 atom stereocenters. The van der Waals surface area contributed by atoms with Crippen LogP contribution in [0.3, 0.4) is 0 Å². The van der Waals surface area contributed by atoms with Crippen LogP contribution in [0.15, 0.2) is 36.4 Å². The first kappa shape index (κ1) is 12.5. The van der Waals surface area contributed by atoms with Crippen LogP contribution in [0.2, 0.25) is 0 Å². The Hall–Kier alpha value is -1.96. The van der Waals surface area contributed by atoms with Crippen LogP contribution >= 0.6 is 0 Å². The van der Waals surface area contributed by atoms with Crippen LogP contribution in [-0.2, 0) is 12.8 Å². The highest BCUT2D eigenvalue weighted by molar-refractivity contribution is 5.71. The van der Waals surface area contributed by atoms with Crippen molar-refractivity contribution in [3.05, 3.63) is 47.5 Å². The quantitative estimate of drug-likeness (QED) is 0.857. The van der Waals surface area contributed by atoms with Crippen molar-refractivity contribution in [2.45, 2.75) is 26.7 Å². The van der Waals surface area contributed by atoms with Gasteiger partial charge in [0.25, 0.3) is 0 Å². The average Bonchev–Trinajstić information content (AvgIpc) is 2.39. The minimum atomic E-state index is 0.270. The van der Waals surface area contributed by atoms with Gasteiger partial charge in [-0.15, -0.1) is 0 Å². The Morgan fingerprint density at radius 1 is 0.778 bits per heavy atom. The summed E-state index contributed by atoms with van der Waals surface area (Å²) < 4.78 is 0. The van der Waals surface area contributed by atoms with E-state index in [2.05, 4.69) is 13.8 Å². The normalized spacial score (nSPS) is 10.6. The summed E-state index contributed by atoms with van der Waals surface area (Å²) in [6, 6.07) is 10.9. The second kappa shape index (κ2) is 5.13. The molecule has 0 aromatic heterocycles. The predicted octanol–water partition coefficient (Wildman–Crippen LogP) is 3.89. The number of phenols is 2. The third-order valence-corrected chi connectivity index (χ3v) is 3.29. The van der Waals surface area contributed by atoms with Crippen molar-refractivity contribution in [1.82, 2.24) is 0 Å². The summed E-state index contributed by atoms with van der Waals surface area (Å²) in [7, 11) is 0. The molecule has 0 unspecified atom stereocenters. The van der Waals surface area contributed by atoms with E-state index in [-0.39, 0.29) is 5.75 Å². The zero-order chi connectivity index (χ0) is 13.1. The Bertz CT molecular complexity index is 542. The minimum Gasteiger partial charge on any atom is -0.508 e. The van der Waals surface area contributed by atoms with E-state index >= 15 is 0 Å². The van der Waals surface area contributed by atoms with Gasteiger partial charge in [0.05, 0.1) is 0 Å². The predicted molar refractivity (Wildman–Crippen MR) is 74.0 cm³/mol. The lowest BCUT2D eigenvalue weighted by Crippen LogP contribution is -1.95. The summed E-state index contributed by atoms with van der Waals surface area (Å²) >= 11 is 0. The Kier molecular flexibility index (Phi) is 3.56. The van der Waals surface area contributed by atoms with Crippen molar-refractivity contribution >= 4 is 0 Å². The van der Waals surface area contributed by atoms with E-state index in [1.165, 1.54) is 5.56 Å². The molecule has 0 aliphatic carbocycles. The van der Waals surface area contributed by atoms with E-state index < -0.39 is 0 Å². The largest absolute Gasteiger partial charge is 0.508 e. The second-order valence-corrected chi connectivity index (χ2v) is 4.34. The summed E-state index contributed by atoms with van der Waals surface area (Å²) in [5.74, 6) is 0.642. The van der Waals surface area contributed by atoms with Crippen LogP contribution in [-0.4, -0.2) is 10.2 Å². The molecule has 0 heterocycles. The highest BCUT2D eigenvalue weighted by Crippen LogP contribution is 2.33. The highest BCUT2D eigenvalue weighted by atomic mass is 16.3. The van der Waals surface area contributed by atoms with Gasteiger partial charge in [0.1, 0.15) is 11.5 Å². The van der Waals surface area contributed by atoms with Gasteiger partial charge in [0.15, 0.2) is 0 Å². The number of aromatic hydroxyl groups is 2. The topological polar surface area (TPSA) is 40.5 Å². The number of rotatable bonds is 3. The van der Waals surface area contributed by atoms with Gasteiger partial charge in [-0.3, -0.25) is 0 Å². The summed E-state index contributed by atoms with van der Waals surface area (Å²) in [5.41, 5.74) is 4.40. The van der Waals surface area contributed by atoms with Gasteiger partial charge in [-0.2, -0.15) is 0 Å². The highest BCUT2D eigenvalue weighted by Gasteiger charge is 2.11. The van der Waals surface area contributed by atoms with E-state index in [0.717, 1.165) is 29.5 Å². The Labute approximate surface area is 108 Å². The molecule has 2 heteroatoms. The molecular formula is C16H18O2. The van der Waals surface area contributed by atoms with E-state index in [0.29, 0.717) is 5.75 Å². The van der Waals surface area contributed by atoms with Gasteiger partial charge >= 0.3 is 0 Å². The van der Waals surface area contributed by atoms with Crippen molar-refractivity contribution in [2.24, 2.45) is 0 Å². The number of hydrogen-bond acceptors (Lipinski definition) is 2. The SMILES string of the molecule is CCc1c(O)ccc(-c2ccc(O)cc2)c1CC. The molecule has 0 radical (unpaired) electrons. The van der Waals surface area contributed by atoms with Crippen molar-refractivity contribution in [1.29, 1.82) is 0 Å². The molecule has 18 heavy (non-hydrogen) atoms. The first-order valence-electron chi connectivity index (χ1n) is 6.30. The smallest absolute Gasteiger partial charge is 0.119 e. The van der Waals surface area contributed by atoms with E-state index in [4.69, 9.17) is 0 Å². The molecular weight excluding hydrogens is 224 g/mol. The first-order chi connectivity index (χ1) is 8.67. The summed E-state index contributed by atoms with van der Waals surface area (Å²) in [5, 5.41) is 19.2. The molecule has 0 amide bonds. The molecule has 0 aliphatic heterocycles. The lowest BCUT2D eigenvalue weighted by molar-refractivity contribution is 0.468. The molecule has 0 saturated heterocycles. The molecule has 2 N–H and O–H groups in total. The van der Waals surface area contributed by atoms with Gasteiger partial charge in [0.2, 0.25) is 0 Å². The van der Waals surface area contributed by atoms with Crippen LogP contribution in [0.1, 0.15) is 25.0 Å². The third kappa shape index (κ3) is 2.19. The van der Waals surface area contributed by atoms with Gasteiger partial charge in [-0.1, -0.05) is 32.0 Å². The Balaban J connectivity index is 2.60. The van der Waals surface area contributed by atoms with E-state index in [9.17, 15) is 10.2 Å². The molecule has 2 aromatic rings. The van der Waals surface area contributed by atoms with Crippen LogP contribution in [0, 0.1) is 0 Å². The zero-order valence-corrected chi connectivity index (χ0v) is 10.8. The maximum absolute atomic E-state index is 9.90. The third-order valence-electron chi connectivity index (χ3n) is 3.29. The van der Waals surface area contributed by atoms with Gasteiger partial charge < -0.3 is 10.2 Å². The minimum absolute atomic E-state index is 0.270. The zero-order valence-electron chi connectivity index (χ0n) is 10.8.